The maximum absolute atomic E-state index is 12.0. The molecule has 0 aliphatic rings. The van der Waals surface area contributed by atoms with E-state index < -0.39 is 17.5 Å². The van der Waals surface area contributed by atoms with E-state index in [9.17, 15) is 9.90 Å². The average Bonchev–Trinajstić information content (AvgIpc) is 2.61. The summed E-state index contributed by atoms with van der Waals surface area (Å²) in [5.41, 5.74) is -0.0333. The van der Waals surface area contributed by atoms with Crippen molar-refractivity contribution in [2.75, 3.05) is 7.11 Å². The lowest BCUT2D eigenvalue weighted by Gasteiger charge is -2.21. The van der Waals surface area contributed by atoms with E-state index in [-0.39, 0.29) is 12.8 Å². The highest BCUT2D eigenvalue weighted by atomic mass is 16.5. The van der Waals surface area contributed by atoms with E-state index in [1.807, 2.05) is 30.3 Å². The van der Waals surface area contributed by atoms with Gasteiger partial charge in [-0.05, 0) is 30.9 Å². The van der Waals surface area contributed by atoms with E-state index in [2.05, 4.69) is 41.4 Å². The third-order valence-electron chi connectivity index (χ3n) is 3.16. The molecule has 2 atom stereocenters. The summed E-state index contributed by atoms with van der Waals surface area (Å²) < 4.78 is 4.81. The van der Waals surface area contributed by atoms with Gasteiger partial charge in [0.25, 0.3) is 0 Å². The molecule has 0 bridgehead atoms. The second-order valence-corrected chi connectivity index (χ2v) is 5.21. The minimum absolute atomic E-state index is 0.180. The van der Waals surface area contributed by atoms with Crippen molar-refractivity contribution >= 4 is 5.97 Å². The first-order chi connectivity index (χ1) is 11.5. The molecule has 0 fully saturated rings. The predicted octanol–water partition coefficient (Wildman–Crippen LogP) is 2.00. The predicted molar refractivity (Wildman–Crippen MR) is 93.1 cm³/mol. The quantitative estimate of drug-likeness (QED) is 0.685. The van der Waals surface area contributed by atoms with Gasteiger partial charge >= 0.3 is 5.97 Å². The second-order valence-electron chi connectivity index (χ2n) is 5.21. The van der Waals surface area contributed by atoms with Crippen LogP contribution in [0.3, 0.4) is 0 Å². The van der Waals surface area contributed by atoms with Crippen LogP contribution in [0.2, 0.25) is 0 Å². The van der Waals surface area contributed by atoms with Gasteiger partial charge in [-0.1, -0.05) is 47.8 Å². The Bertz CT molecular complexity index is 782. The van der Waals surface area contributed by atoms with E-state index in [4.69, 9.17) is 11.2 Å². The van der Waals surface area contributed by atoms with E-state index in [0.29, 0.717) is 0 Å². The summed E-state index contributed by atoms with van der Waals surface area (Å²) in [4.78, 5) is 12.0. The lowest BCUT2D eigenvalue weighted by Crippen LogP contribution is -2.28. The summed E-state index contributed by atoms with van der Waals surface area (Å²) >= 11 is 0. The summed E-state index contributed by atoms with van der Waals surface area (Å²) in [6.07, 6.45) is 4.31. The first-order valence-corrected chi connectivity index (χ1v) is 7.27. The summed E-state index contributed by atoms with van der Waals surface area (Å²) in [5, 5.41) is 9.23. The summed E-state index contributed by atoms with van der Waals surface area (Å²) in [5.74, 6) is 18.1. The highest BCUT2D eigenvalue weighted by Crippen LogP contribution is 2.26. The molecule has 3 nitrogen and oxygen atoms in total. The van der Waals surface area contributed by atoms with Crippen LogP contribution >= 0.6 is 0 Å². The molecule has 1 aromatic rings. The Kier molecular flexibility index (Phi) is 7.75. The van der Waals surface area contributed by atoms with E-state index in [0.717, 1.165) is 5.56 Å². The lowest BCUT2D eigenvalue weighted by molar-refractivity contribution is -0.151. The van der Waals surface area contributed by atoms with Crippen molar-refractivity contribution < 1.29 is 14.6 Å². The number of ether oxygens (including phenoxy) is 1. The molecule has 120 valence electrons. The zero-order chi connectivity index (χ0) is 17.8. The van der Waals surface area contributed by atoms with Crippen LogP contribution in [-0.4, -0.2) is 24.3 Å². The number of rotatable bonds is 3. The molecule has 0 spiro atoms. The zero-order valence-corrected chi connectivity index (χ0v) is 13.7. The minimum atomic E-state index is -1.14. The molecule has 24 heavy (non-hydrogen) atoms. The maximum atomic E-state index is 12.0. The van der Waals surface area contributed by atoms with Crippen molar-refractivity contribution in [3.63, 3.8) is 0 Å². The molecule has 0 saturated carbocycles. The highest BCUT2D eigenvalue weighted by Gasteiger charge is 2.32. The maximum Gasteiger partial charge on any atom is 0.313 e. The number of aliphatic hydroxyl groups is 1. The van der Waals surface area contributed by atoms with Gasteiger partial charge in [0.15, 0.2) is 6.10 Å². The summed E-state index contributed by atoms with van der Waals surface area (Å²) in [6, 6.07) is 9.49. The van der Waals surface area contributed by atoms with Gasteiger partial charge in [-0.25, -0.2) is 0 Å². The van der Waals surface area contributed by atoms with Crippen LogP contribution in [0.15, 0.2) is 30.3 Å². The standard InChI is InChI=1S/C21H18O3/c1-4-19(22)15-11-17-21(2,20(23)24-3)16-10-6-9-14-18-12-7-5-8-13-18/h1,5,7-8,12-13,19,22H,16-17H2,2-3H3. The van der Waals surface area contributed by atoms with Crippen molar-refractivity contribution in [3.05, 3.63) is 35.9 Å². The largest absolute Gasteiger partial charge is 0.469 e. The Labute approximate surface area is 143 Å². The number of esters is 1. The first kappa shape index (κ1) is 18.9. The van der Waals surface area contributed by atoms with E-state index in [1.165, 1.54) is 7.11 Å². The van der Waals surface area contributed by atoms with Gasteiger partial charge < -0.3 is 9.84 Å². The van der Waals surface area contributed by atoms with Crippen LogP contribution in [0.5, 0.6) is 0 Å². The molecule has 2 unspecified atom stereocenters. The number of terminal acetylenes is 1. The zero-order valence-electron chi connectivity index (χ0n) is 13.7. The molecule has 3 heteroatoms. The molecule has 0 aromatic heterocycles. The highest BCUT2D eigenvalue weighted by molar-refractivity contribution is 5.77. The van der Waals surface area contributed by atoms with Crippen LogP contribution < -0.4 is 0 Å². The molecule has 1 aromatic carbocycles. The third-order valence-corrected chi connectivity index (χ3v) is 3.16. The molecule has 0 saturated heterocycles. The van der Waals surface area contributed by atoms with Gasteiger partial charge in [-0.15, -0.1) is 6.42 Å². The van der Waals surface area contributed by atoms with Gasteiger partial charge in [0, 0.05) is 18.4 Å². The Morgan fingerprint density at radius 3 is 2.54 bits per heavy atom. The Balaban J connectivity index is 2.79. The minimum Gasteiger partial charge on any atom is -0.469 e. The molecule has 0 amide bonds. The van der Waals surface area contributed by atoms with Crippen molar-refractivity contribution in [2.24, 2.45) is 5.41 Å². The molecular weight excluding hydrogens is 300 g/mol. The first-order valence-electron chi connectivity index (χ1n) is 7.27. The fourth-order valence-electron chi connectivity index (χ4n) is 1.75. The fourth-order valence-corrected chi connectivity index (χ4v) is 1.75. The average molecular weight is 318 g/mol. The Morgan fingerprint density at radius 1 is 1.25 bits per heavy atom. The van der Waals surface area contributed by atoms with Crippen LogP contribution in [-0.2, 0) is 9.53 Å². The monoisotopic (exact) mass is 318 g/mol. The van der Waals surface area contributed by atoms with Gasteiger partial charge in [0.2, 0.25) is 0 Å². The number of benzene rings is 1. The SMILES string of the molecule is C#CC(O)C#CCC(C)(CC#CC#Cc1ccccc1)C(=O)OC. The topological polar surface area (TPSA) is 46.5 Å². The van der Waals surface area contributed by atoms with E-state index in [1.54, 1.807) is 6.92 Å². The van der Waals surface area contributed by atoms with Crippen molar-refractivity contribution in [3.8, 4) is 47.9 Å². The number of methoxy groups -OCH3 is 1. The molecule has 1 rings (SSSR count). The molecular formula is C21H18O3. The molecule has 0 aliphatic carbocycles. The van der Waals surface area contributed by atoms with Gasteiger partial charge in [-0.3, -0.25) is 4.79 Å². The van der Waals surface area contributed by atoms with Gasteiger partial charge in [0.05, 0.1) is 12.5 Å². The van der Waals surface area contributed by atoms with Crippen LogP contribution in [0.1, 0.15) is 25.3 Å². The van der Waals surface area contributed by atoms with Crippen molar-refractivity contribution in [2.45, 2.75) is 25.9 Å². The van der Waals surface area contributed by atoms with Crippen molar-refractivity contribution in [1.29, 1.82) is 0 Å². The third kappa shape index (κ3) is 6.34. The normalized spacial score (nSPS) is 12.4. The smallest absolute Gasteiger partial charge is 0.313 e. The molecule has 1 N–H and O–H groups in total. The van der Waals surface area contributed by atoms with Gasteiger partial charge in [-0.2, -0.15) is 0 Å². The van der Waals surface area contributed by atoms with Gasteiger partial charge in [0.1, 0.15) is 0 Å². The van der Waals surface area contributed by atoms with Crippen LogP contribution in [0, 0.1) is 53.3 Å². The lowest BCUT2D eigenvalue weighted by atomic mass is 9.83. The van der Waals surface area contributed by atoms with Crippen LogP contribution in [0.4, 0.5) is 0 Å². The molecule has 0 heterocycles. The van der Waals surface area contributed by atoms with Crippen LogP contribution in [0.25, 0.3) is 0 Å². The number of carbonyl (C=O) groups excluding carboxylic acids is 1. The number of hydrogen-bond donors (Lipinski definition) is 1. The number of carbonyl (C=O) groups is 1. The van der Waals surface area contributed by atoms with E-state index >= 15 is 0 Å². The summed E-state index contributed by atoms with van der Waals surface area (Å²) in [6.45, 7) is 1.70. The Hall–Kier alpha value is -3.11. The fraction of sp³-hybridized carbons (Fsp3) is 0.286. The Morgan fingerprint density at radius 2 is 1.92 bits per heavy atom. The van der Waals surface area contributed by atoms with Crippen molar-refractivity contribution in [1.82, 2.24) is 0 Å². The number of hydrogen-bond acceptors (Lipinski definition) is 3. The number of aliphatic hydroxyl groups excluding tert-OH is 1. The summed E-state index contributed by atoms with van der Waals surface area (Å²) in [7, 11) is 1.31. The molecule has 0 aliphatic heterocycles. The second kappa shape index (κ2) is 9.82. The molecule has 0 radical (unpaired) electrons.